The van der Waals surface area contributed by atoms with Crippen molar-refractivity contribution in [1.29, 1.82) is 0 Å². The van der Waals surface area contributed by atoms with Gasteiger partial charge < -0.3 is 20.1 Å². The van der Waals surface area contributed by atoms with Crippen LogP contribution in [0.15, 0.2) is 0 Å². The maximum atomic E-state index is 9.61. The molecule has 4 unspecified atom stereocenters. The minimum Gasteiger partial charge on any atom is -0.390 e. The smallest absolute Gasteiger partial charge is 0.112 e. The third-order valence-corrected chi connectivity index (χ3v) is 2.28. The molecule has 0 aromatic heterocycles. The second-order valence-electron chi connectivity index (χ2n) is 4.05. The fourth-order valence-corrected chi connectivity index (χ4v) is 1.58. The minimum absolute atomic E-state index is 0.112. The SMILES string of the molecule is CC(C)CC(O)C1OCC(O)C1O. The molecule has 1 heterocycles. The van der Waals surface area contributed by atoms with Gasteiger partial charge in [-0.3, -0.25) is 0 Å². The Morgan fingerprint density at radius 2 is 2.00 bits per heavy atom. The summed E-state index contributed by atoms with van der Waals surface area (Å²) in [6.07, 6.45) is -2.54. The summed E-state index contributed by atoms with van der Waals surface area (Å²) in [5.74, 6) is 0.351. The molecule has 0 amide bonds. The van der Waals surface area contributed by atoms with Gasteiger partial charge in [-0.25, -0.2) is 0 Å². The first-order chi connectivity index (χ1) is 6.02. The Hall–Kier alpha value is -0.160. The summed E-state index contributed by atoms with van der Waals surface area (Å²) in [7, 11) is 0. The Bertz CT molecular complexity index is 160. The molecular formula is C9H18O4. The van der Waals surface area contributed by atoms with Crippen LogP contribution in [-0.4, -0.2) is 46.3 Å². The van der Waals surface area contributed by atoms with Crippen molar-refractivity contribution in [3.63, 3.8) is 0 Å². The van der Waals surface area contributed by atoms with Crippen LogP contribution in [-0.2, 0) is 4.74 Å². The lowest BCUT2D eigenvalue weighted by Gasteiger charge is -2.22. The molecular weight excluding hydrogens is 172 g/mol. The van der Waals surface area contributed by atoms with E-state index in [0.29, 0.717) is 12.3 Å². The van der Waals surface area contributed by atoms with Gasteiger partial charge in [0.2, 0.25) is 0 Å². The quantitative estimate of drug-likeness (QED) is 0.562. The molecule has 4 nitrogen and oxygen atoms in total. The van der Waals surface area contributed by atoms with E-state index in [1.807, 2.05) is 13.8 Å². The fraction of sp³-hybridized carbons (Fsp3) is 1.00. The highest BCUT2D eigenvalue weighted by atomic mass is 16.5. The second-order valence-corrected chi connectivity index (χ2v) is 4.05. The largest absolute Gasteiger partial charge is 0.390 e. The van der Waals surface area contributed by atoms with Crippen LogP contribution < -0.4 is 0 Å². The Morgan fingerprint density at radius 1 is 1.38 bits per heavy atom. The van der Waals surface area contributed by atoms with Gasteiger partial charge >= 0.3 is 0 Å². The summed E-state index contributed by atoms with van der Waals surface area (Å²) >= 11 is 0. The summed E-state index contributed by atoms with van der Waals surface area (Å²) < 4.78 is 5.09. The zero-order chi connectivity index (χ0) is 10.0. The molecule has 3 N–H and O–H groups in total. The zero-order valence-electron chi connectivity index (χ0n) is 8.05. The maximum absolute atomic E-state index is 9.61. The molecule has 4 heteroatoms. The van der Waals surface area contributed by atoms with Crippen LogP contribution in [0.3, 0.4) is 0 Å². The number of rotatable bonds is 3. The molecule has 0 spiro atoms. The van der Waals surface area contributed by atoms with E-state index >= 15 is 0 Å². The topological polar surface area (TPSA) is 69.9 Å². The van der Waals surface area contributed by atoms with E-state index in [4.69, 9.17) is 9.84 Å². The second kappa shape index (κ2) is 4.37. The molecule has 0 aromatic carbocycles. The standard InChI is InChI=1S/C9H18O4/c1-5(2)3-6(10)9-8(12)7(11)4-13-9/h5-12H,3-4H2,1-2H3. The summed E-state index contributed by atoms with van der Waals surface area (Å²) in [6, 6.07) is 0. The predicted octanol–water partition coefficient (Wildman–Crippen LogP) is -0.486. The maximum Gasteiger partial charge on any atom is 0.112 e. The molecule has 1 aliphatic rings. The summed E-state index contributed by atoms with van der Waals surface area (Å²) in [4.78, 5) is 0. The van der Waals surface area contributed by atoms with Gasteiger partial charge in [0.05, 0.1) is 12.7 Å². The van der Waals surface area contributed by atoms with Crippen molar-refractivity contribution in [2.75, 3.05) is 6.61 Å². The van der Waals surface area contributed by atoms with E-state index in [1.54, 1.807) is 0 Å². The Morgan fingerprint density at radius 3 is 2.38 bits per heavy atom. The Kier molecular flexibility index (Phi) is 3.67. The average molecular weight is 190 g/mol. The molecule has 0 saturated carbocycles. The molecule has 4 atom stereocenters. The molecule has 1 fully saturated rings. The van der Waals surface area contributed by atoms with Gasteiger partial charge in [-0.05, 0) is 12.3 Å². The lowest BCUT2D eigenvalue weighted by Crippen LogP contribution is -2.39. The summed E-state index contributed by atoms with van der Waals surface area (Å²) in [6.45, 7) is 4.09. The number of hydrogen-bond acceptors (Lipinski definition) is 4. The third kappa shape index (κ3) is 2.64. The molecule has 78 valence electrons. The van der Waals surface area contributed by atoms with Crippen LogP contribution in [0.25, 0.3) is 0 Å². The zero-order valence-corrected chi connectivity index (χ0v) is 8.05. The van der Waals surface area contributed by atoms with Gasteiger partial charge in [0.25, 0.3) is 0 Å². The van der Waals surface area contributed by atoms with Gasteiger partial charge in [-0.2, -0.15) is 0 Å². The van der Waals surface area contributed by atoms with Crippen molar-refractivity contribution in [3.05, 3.63) is 0 Å². The van der Waals surface area contributed by atoms with Crippen LogP contribution in [0.2, 0.25) is 0 Å². The van der Waals surface area contributed by atoms with Crippen molar-refractivity contribution >= 4 is 0 Å². The highest BCUT2D eigenvalue weighted by molar-refractivity contribution is 4.88. The van der Waals surface area contributed by atoms with Crippen molar-refractivity contribution in [1.82, 2.24) is 0 Å². The highest BCUT2D eigenvalue weighted by Gasteiger charge is 2.39. The number of ether oxygens (including phenoxy) is 1. The lowest BCUT2D eigenvalue weighted by molar-refractivity contribution is -0.0570. The first kappa shape index (κ1) is 10.9. The molecule has 0 bridgehead atoms. The van der Waals surface area contributed by atoms with E-state index in [0.717, 1.165) is 0 Å². The Labute approximate surface area is 78.1 Å². The molecule has 0 aromatic rings. The first-order valence-electron chi connectivity index (χ1n) is 4.68. The lowest BCUT2D eigenvalue weighted by atomic mass is 9.98. The van der Waals surface area contributed by atoms with E-state index in [2.05, 4.69) is 0 Å². The number of hydrogen-bond donors (Lipinski definition) is 3. The van der Waals surface area contributed by atoms with Gasteiger partial charge in [0.1, 0.15) is 18.3 Å². The van der Waals surface area contributed by atoms with Gasteiger partial charge in [0.15, 0.2) is 0 Å². The van der Waals surface area contributed by atoms with E-state index in [1.165, 1.54) is 0 Å². The highest BCUT2D eigenvalue weighted by Crippen LogP contribution is 2.21. The first-order valence-corrected chi connectivity index (χ1v) is 4.68. The monoisotopic (exact) mass is 190 g/mol. The van der Waals surface area contributed by atoms with Crippen LogP contribution in [0, 0.1) is 5.92 Å². The molecule has 0 aliphatic carbocycles. The number of aliphatic hydroxyl groups is 3. The van der Waals surface area contributed by atoms with Crippen LogP contribution >= 0.6 is 0 Å². The van der Waals surface area contributed by atoms with Crippen molar-refractivity contribution in [2.45, 2.75) is 44.7 Å². The Balaban J connectivity index is 2.43. The van der Waals surface area contributed by atoms with Crippen LogP contribution in [0.1, 0.15) is 20.3 Å². The van der Waals surface area contributed by atoms with E-state index in [-0.39, 0.29) is 6.61 Å². The van der Waals surface area contributed by atoms with E-state index in [9.17, 15) is 10.2 Å². The molecule has 1 aliphatic heterocycles. The van der Waals surface area contributed by atoms with Crippen molar-refractivity contribution in [2.24, 2.45) is 5.92 Å². The summed E-state index contributed by atoms with van der Waals surface area (Å²) in [5, 5.41) is 28.2. The molecule has 13 heavy (non-hydrogen) atoms. The van der Waals surface area contributed by atoms with Crippen LogP contribution in [0.5, 0.6) is 0 Å². The fourth-order valence-electron chi connectivity index (χ4n) is 1.58. The molecule has 1 rings (SSSR count). The number of aliphatic hydroxyl groups excluding tert-OH is 3. The predicted molar refractivity (Wildman–Crippen MR) is 47.2 cm³/mol. The average Bonchev–Trinajstić information content (AvgIpc) is 2.31. The molecule has 0 radical (unpaired) electrons. The van der Waals surface area contributed by atoms with Gasteiger partial charge in [-0.15, -0.1) is 0 Å². The summed E-state index contributed by atoms with van der Waals surface area (Å²) in [5.41, 5.74) is 0. The van der Waals surface area contributed by atoms with Crippen molar-refractivity contribution < 1.29 is 20.1 Å². The normalized spacial score (nSPS) is 36.9. The molecule has 1 saturated heterocycles. The van der Waals surface area contributed by atoms with Gasteiger partial charge in [0, 0.05) is 0 Å². The van der Waals surface area contributed by atoms with Gasteiger partial charge in [-0.1, -0.05) is 13.8 Å². The minimum atomic E-state index is -0.950. The third-order valence-electron chi connectivity index (χ3n) is 2.28. The van der Waals surface area contributed by atoms with Crippen LogP contribution in [0.4, 0.5) is 0 Å². The van der Waals surface area contributed by atoms with Crippen molar-refractivity contribution in [3.8, 4) is 0 Å². The van der Waals surface area contributed by atoms with E-state index < -0.39 is 24.4 Å².